The summed E-state index contributed by atoms with van der Waals surface area (Å²) in [5.74, 6) is 0.397. The maximum Gasteiger partial charge on any atom is 0.136 e. The summed E-state index contributed by atoms with van der Waals surface area (Å²) in [6.07, 6.45) is 36.8. The third-order valence-electron chi connectivity index (χ3n) is 6.71. The van der Waals surface area contributed by atoms with Crippen LogP contribution < -0.4 is 0 Å². The molecule has 0 amide bonds. The van der Waals surface area contributed by atoms with E-state index in [0.717, 1.165) is 19.3 Å². The van der Waals surface area contributed by atoms with E-state index in [9.17, 15) is 4.79 Å². The van der Waals surface area contributed by atoms with Crippen LogP contribution in [0.15, 0.2) is 0 Å². The number of hydrogen-bond donors (Lipinski definition) is 0. The van der Waals surface area contributed by atoms with Gasteiger partial charge in [-0.1, -0.05) is 162 Å². The van der Waals surface area contributed by atoms with Gasteiger partial charge in [-0.25, -0.2) is 0 Å². The Labute approximate surface area is 197 Å². The number of hydrogen-bond acceptors (Lipinski definition) is 1. The van der Waals surface area contributed by atoms with Crippen molar-refractivity contribution in [3.63, 3.8) is 0 Å². The molecule has 185 valence electrons. The predicted molar refractivity (Wildman–Crippen MR) is 141 cm³/mol. The second-order valence-corrected chi connectivity index (χ2v) is 9.99. The molecule has 1 nitrogen and oxygen atoms in total. The first kappa shape index (κ1) is 30.7. The third kappa shape index (κ3) is 27.6. The molecule has 0 aliphatic carbocycles. The van der Waals surface area contributed by atoms with Crippen LogP contribution in [0.3, 0.4) is 0 Å². The average Bonchev–Trinajstić information content (AvgIpc) is 2.77. The largest absolute Gasteiger partial charge is 0.299 e. The second kappa shape index (κ2) is 27.7. The molecule has 0 unspecified atom stereocenters. The summed E-state index contributed by atoms with van der Waals surface area (Å²) in [5, 5.41) is 0. The maximum absolute atomic E-state index is 11.9. The molecule has 0 atom stereocenters. The molecule has 0 spiro atoms. The molecule has 0 fully saturated rings. The Kier molecular flexibility index (Phi) is 27.4. The van der Waals surface area contributed by atoms with Crippen molar-refractivity contribution < 1.29 is 4.79 Å². The fraction of sp³-hybridized carbons (Fsp3) is 0.933. The summed E-state index contributed by atoms with van der Waals surface area (Å²) < 4.78 is 0. The highest BCUT2D eigenvalue weighted by Crippen LogP contribution is 2.15. The second-order valence-electron chi connectivity index (χ2n) is 9.99. The van der Waals surface area contributed by atoms with Crippen LogP contribution in [0.5, 0.6) is 0 Å². The number of carbonyl (C=O) groups excluding carboxylic acids is 1. The van der Waals surface area contributed by atoms with Gasteiger partial charge >= 0.3 is 0 Å². The average molecular weight is 436 g/mol. The van der Waals surface area contributed by atoms with E-state index >= 15 is 0 Å². The van der Waals surface area contributed by atoms with Crippen LogP contribution in [-0.2, 0) is 4.79 Å². The molecule has 0 aromatic carbocycles. The SMILES string of the molecule is CCCCCCCCCCCCCCCCC[CH]C(=O)CCCCCCCCCCC. The van der Waals surface area contributed by atoms with Gasteiger partial charge in [0.15, 0.2) is 0 Å². The Hall–Kier alpha value is -0.330. The van der Waals surface area contributed by atoms with Crippen LogP contribution in [0.1, 0.15) is 181 Å². The number of unbranched alkanes of at least 4 members (excludes halogenated alkanes) is 23. The molecule has 0 aliphatic rings. The van der Waals surface area contributed by atoms with Crippen molar-refractivity contribution in [1.29, 1.82) is 0 Å². The van der Waals surface area contributed by atoms with Crippen LogP contribution in [-0.4, -0.2) is 5.78 Å². The highest BCUT2D eigenvalue weighted by molar-refractivity contribution is 5.86. The molecule has 0 saturated heterocycles. The van der Waals surface area contributed by atoms with Gasteiger partial charge in [0.25, 0.3) is 0 Å². The lowest BCUT2D eigenvalue weighted by atomic mass is 10.0. The van der Waals surface area contributed by atoms with Gasteiger partial charge in [0, 0.05) is 12.8 Å². The van der Waals surface area contributed by atoms with E-state index in [-0.39, 0.29) is 0 Å². The minimum atomic E-state index is 0.397. The molecule has 0 aromatic rings. The minimum Gasteiger partial charge on any atom is -0.299 e. The minimum absolute atomic E-state index is 0.397. The first-order chi connectivity index (χ1) is 15.3. The van der Waals surface area contributed by atoms with Crippen molar-refractivity contribution in [2.24, 2.45) is 0 Å². The van der Waals surface area contributed by atoms with Crippen molar-refractivity contribution in [1.82, 2.24) is 0 Å². The van der Waals surface area contributed by atoms with Crippen LogP contribution in [0.2, 0.25) is 0 Å². The number of rotatable bonds is 27. The van der Waals surface area contributed by atoms with Crippen LogP contribution in [0.25, 0.3) is 0 Å². The van der Waals surface area contributed by atoms with Gasteiger partial charge in [-0.15, -0.1) is 0 Å². The summed E-state index contributed by atoms with van der Waals surface area (Å²) in [7, 11) is 0. The van der Waals surface area contributed by atoms with E-state index in [0.29, 0.717) is 5.78 Å². The van der Waals surface area contributed by atoms with E-state index in [4.69, 9.17) is 0 Å². The number of ketones is 1. The molecule has 0 saturated carbocycles. The van der Waals surface area contributed by atoms with Gasteiger partial charge in [0.05, 0.1) is 0 Å². The molecule has 0 heterocycles. The van der Waals surface area contributed by atoms with E-state index in [1.54, 1.807) is 0 Å². The number of carbonyl (C=O) groups is 1. The Morgan fingerprint density at radius 3 is 1.06 bits per heavy atom. The first-order valence-electron chi connectivity index (χ1n) is 14.7. The van der Waals surface area contributed by atoms with Crippen molar-refractivity contribution >= 4 is 5.78 Å². The van der Waals surface area contributed by atoms with Gasteiger partial charge in [-0.3, -0.25) is 4.79 Å². The monoisotopic (exact) mass is 435 g/mol. The van der Waals surface area contributed by atoms with Gasteiger partial charge in [0.2, 0.25) is 0 Å². The summed E-state index contributed by atoms with van der Waals surface area (Å²) in [5.41, 5.74) is 0. The van der Waals surface area contributed by atoms with E-state index in [2.05, 4.69) is 13.8 Å². The predicted octanol–water partition coefficient (Wildman–Crippen LogP) is 10.9. The standard InChI is InChI=1S/C30H59O/c1-3-5-7-9-11-13-14-15-16-17-18-19-21-23-25-27-29-30(31)28-26-24-22-20-12-10-8-6-4-2/h29H,3-28H2,1-2H3. The van der Waals surface area contributed by atoms with Gasteiger partial charge in [-0.05, 0) is 12.8 Å². The molecular formula is C30H59O. The van der Waals surface area contributed by atoms with Gasteiger partial charge in [-0.2, -0.15) is 0 Å². The normalized spacial score (nSPS) is 11.3. The molecule has 0 bridgehead atoms. The van der Waals surface area contributed by atoms with Crippen molar-refractivity contribution in [2.75, 3.05) is 0 Å². The van der Waals surface area contributed by atoms with Crippen molar-refractivity contribution in [2.45, 2.75) is 181 Å². The highest BCUT2D eigenvalue weighted by atomic mass is 16.1. The summed E-state index contributed by atoms with van der Waals surface area (Å²) in [6.45, 7) is 4.56. The lowest BCUT2D eigenvalue weighted by molar-refractivity contribution is -0.116. The van der Waals surface area contributed by atoms with Crippen molar-refractivity contribution in [3.05, 3.63) is 6.42 Å². The third-order valence-corrected chi connectivity index (χ3v) is 6.71. The maximum atomic E-state index is 11.9. The molecule has 0 aliphatic heterocycles. The number of Topliss-reactive ketones (excluding diaryl/α,β-unsaturated/α-hetero) is 1. The van der Waals surface area contributed by atoms with Crippen LogP contribution >= 0.6 is 0 Å². The van der Waals surface area contributed by atoms with Crippen molar-refractivity contribution in [3.8, 4) is 0 Å². The molecule has 0 rings (SSSR count). The molecule has 0 aromatic heterocycles. The summed E-state index contributed by atoms with van der Waals surface area (Å²) >= 11 is 0. The lowest BCUT2D eigenvalue weighted by Crippen LogP contribution is -1.98. The quantitative estimate of drug-likeness (QED) is 0.117. The van der Waals surface area contributed by atoms with E-state index < -0.39 is 0 Å². The van der Waals surface area contributed by atoms with E-state index in [1.807, 2.05) is 6.42 Å². The van der Waals surface area contributed by atoms with Gasteiger partial charge in [0.1, 0.15) is 5.78 Å². The molecule has 1 heteroatoms. The van der Waals surface area contributed by atoms with E-state index in [1.165, 1.54) is 148 Å². The van der Waals surface area contributed by atoms with Gasteiger partial charge < -0.3 is 0 Å². The Balaban J connectivity index is 3.12. The molecule has 1 radical (unpaired) electrons. The smallest absolute Gasteiger partial charge is 0.136 e. The first-order valence-corrected chi connectivity index (χ1v) is 14.7. The zero-order chi connectivity index (χ0) is 22.7. The lowest BCUT2D eigenvalue weighted by Gasteiger charge is -2.04. The zero-order valence-corrected chi connectivity index (χ0v) is 21.9. The molecule has 31 heavy (non-hydrogen) atoms. The fourth-order valence-electron chi connectivity index (χ4n) is 4.49. The summed E-state index contributed by atoms with van der Waals surface area (Å²) in [4.78, 5) is 11.9. The van der Waals surface area contributed by atoms with Crippen LogP contribution in [0.4, 0.5) is 0 Å². The molecular weight excluding hydrogens is 376 g/mol. The highest BCUT2D eigenvalue weighted by Gasteiger charge is 2.02. The summed E-state index contributed by atoms with van der Waals surface area (Å²) in [6, 6.07) is 0. The Morgan fingerprint density at radius 2 is 0.710 bits per heavy atom. The molecule has 0 N–H and O–H groups in total. The topological polar surface area (TPSA) is 17.1 Å². The Bertz CT molecular complexity index is 335. The zero-order valence-electron chi connectivity index (χ0n) is 21.9. The fourth-order valence-corrected chi connectivity index (χ4v) is 4.49. The Morgan fingerprint density at radius 1 is 0.419 bits per heavy atom. The van der Waals surface area contributed by atoms with Crippen LogP contribution in [0, 0.1) is 6.42 Å².